The van der Waals surface area contributed by atoms with Crippen LogP contribution in [0.2, 0.25) is 5.02 Å². The molecule has 0 atom stereocenters. The molecule has 0 spiro atoms. The van der Waals surface area contributed by atoms with E-state index in [1.165, 1.54) is 0 Å². The lowest BCUT2D eigenvalue weighted by Gasteiger charge is -1.99. The number of carbonyl (C=O) groups is 1. The number of fused-ring (bicyclic) bond motifs is 1. The van der Waals surface area contributed by atoms with Crippen LogP contribution in [0.25, 0.3) is 11.6 Å². The smallest absolute Gasteiger partial charge is 0.257 e. The van der Waals surface area contributed by atoms with Crippen LogP contribution in [0.1, 0.15) is 10.4 Å². The van der Waals surface area contributed by atoms with E-state index in [0.29, 0.717) is 22.0 Å². The summed E-state index contributed by atoms with van der Waals surface area (Å²) in [6.45, 7) is 0. The van der Waals surface area contributed by atoms with Gasteiger partial charge in [-0.1, -0.05) is 17.7 Å². The predicted molar refractivity (Wildman–Crippen MR) is 70.1 cm³/mol. The Balaban J connectivity index is 2.17. The second-order valence-electron chi connectivity index (χ2n) is 3.54. The minimum Gasteiger partial charge on any atom is -0.306 e. The predicted octanol–water partition coefficient (Wildman–Crippen LogP) is 3.29. The van der Waals surface area contributed by atoms with Crippen LogP contribution in [-0.2, 0) is 4.79 Å². The van der Waals surface area contributed by atoms with Gasteiger partial charge in [0, 0.05) is 16.6 Å². The number of amides is 1. The molecule has 0 saturated heterocycles. The monoisotopic (exact) mass is 262 g/mol. The minimum absolute atomic E-state index is 0.158. The number of rotatable bonds is 1. The van der Waals surface area contributed by atoms with E-state index in [1.807, 2.05) is 23.6 Å². The summed E-state index contributed by atoms with van der Waals surface area (Å²) in [5.41, 5.74) is 1.26. The fourth-order valence-corrected chi connectivity index (χ4v) is 2.64. The average Bonchev–Trinajstić information content (AvgIpc) is 2.89. The Hall–Kier alpha value is -1.65. The highest BCUT2D eigenvalue weighted by Gasteiger charge is 2.27. The van der Waals surface area contributed by atoms with Crippen LogP contribution >= 0.6 is 22.9 Å². The van der Waals surface area contributed by atoms with Crippen LogP contribution < -0.4 is 5.32 Å². The topological polar surface area (TPSA) is 42.0 Å². The van der Waals surface area contributed by atoms with Gasteiger partial charge >= 0.3 is 0 Å². The van der Waals surface area contributed by atoms with E-state index in [-0.39, 0.29) is 5.91 Å². The number of pyridine rings is 1. The molecule has 17 heavy (non-hydrogen) atoms. The van der Waals surface area contributed by atoms with E-state index in [1.54, 1.807) is 23.6 Å². The molecule has 3 nitrogen and oxygen atoms in total. The van der Waals surface area contributed by atoms with Crippen molar-refractivity contribution in [3.8, 4) is 0 Å². The maximum atomic E-state index is 11.8. The molecular weight excluding hydrogens is 256 g/mol. The molecule has 1 aliphatic heterocycles. The fraction of sp³-hybridized carbons (Fsp3) is 0. The summed E-state index contributed by atoms with van der Waals surface area (Å²) in [7, 11) is 0. The van der Waals surface area contributed by atoms with Gasteiger partial charge in [-0.3, -0.25) is 4.79 Å². The molecule has 1 amide bonds. The fourth-order valence-electron chi connectivity index (χ4n) is 1.73. The van der Waals surface area contributed by atoms with Crippen molar-refractivity contribution in [1.29, 1.82) is 0 Å². The highest BCUT2D eigenvalue weighted by molar-refractivity contribution is 7.11. The summed E-state index contributed by atoms with van der Waals surface area (Å²) in [6, 6.07) is 5.58. The number of aromatic nitrogens is 1. The van der Waals surface area contributed by atoms with Gasteiger partial charge in [-0.2, -0.15) is 0 Å². The minimum atomic E-state index is -0.158. The summed E-state index contributed by atoms with van der Waals surface area (Å²) in [5, 5.41) is 5.20. The largest absolute Gasteiger partial charge is 0.306 e. The number of thiophene rings is 1. The molecule has 1 aliphatic rings. The Morgan fingerprint density at radius 2 is 2.29 bits per heavy atom. The van der Waals surface area contributed by atoms with Crippen molar-refractivity contribution in [3.05, 3.63) is 45.2 Å². The van der Waals surface area contributed by atoms with Crippen molar-refractivity contribution in [3.63, 3.8) is 0 Å². The van der Waals surface area contributed by atoms with Crippen LogP contribution in [0.15, 0.2) is 29.8 Å². The summed E-state index contributed by atoms with van der Waals surface area (Å²) in [5.74, 6) is 0.374. The van der Waals surface area contributed by atoms with Crippen molar-refractivity contribution < 1.29 is 4.79 Å². The second-order valence-corrected chi connectivity index (χ2v) is 4.93. The van der Waals surface area contributed by atoms with Gasteiger partial charge in [0.15, 0.2) is 0 Å². The third-order valence-corrected chi connectivity index (χ3v) is 3.61. The molecule has 84 valence electrons. The third kappa shape index (κ3) is 1.75. The van der Waals surface area contributed by atoms with E-state index in [2.05, 4.69) is 10.3 Å². The zero-order valence-electron chi connectivity index (χ0n) is 8.61. The number of nitrogens with one attached hydrogen (secondary N) is 1. The summed E-state index contributed by atoms with van der Waals surface area (Å²) in [4.78, 5) is 16.9. The van der Waals surface area contributed by atoms with Gasteiger partial charge in [0.1, 0.15) is 5.82 Å². The molecule has 5 heteroatoms. The lowest BCUT2D eigenvalue weighted by Crippen LogP contribution is -2.03. The molecule has 0 unspecified atom stereocenters. The highest BCUT2D eigenvalue weighted by atomic mass is 35.5. The Bertz CT molecular complexity index is 619. The first-order valence-electron chi connectivity index (χ1n) is 4.97. The molecule has 3 heterocycles. The van der Waals surface area contributed by atoms with E-state index in [0.717, 1.165) is 4.88 Å². The van der Waals surface area contributed by atoms with Gasteiger partial charge in [0.05, 0.1) is 10.6 Å². The van der Waals surface area contributed by atoms with Gasteiger partial charge in [0.25, 0.3) is 5.91 Å². The van der Waals surface area contributed by atoms with Crippen LogP contribution in [0.5, 0.6) is 0 Å². The van der Waals surface area contributed by atoms with Gasteiger partial charge in [-0.05, 0) is 23.6 Å². The second kappa shape index (κ2) is 3.98. The molecule has 2 aromatic heterocycles. The van der Waals surface area contributed by atoms with Crippen LogP contribution in [-0.4, -0.2) is 10.9 Å². The average molecular weight is 263 g/mol. The Labute approximate surface area is 107 Å². The molecule has 0 aliphatic carbocycles. The quantitative estimate of drug-likeness (QED) is 0.802. The van der Waals surface area contributed by atoms with Crippen molar-refractivity contribution in [1.82, 2.24) is 4.98 Å². The molecule has 0 radical (unpaired) electrons. The maximum Gasteiger partial charge on any atom is 0.257 e. The summed E-state index contributed by atoms with van der Waals surface area (Å²) in [6.07, 6.45) is 3.41. The van der Waals surface area contributed by atoms with Gasteiger partial charge < -0.3 is 5.32 Å². The molecule has 0 fully saturated rings. The summed E-state index contributed by atoms with van der Waals surface area (Å²) >= 11 is 7.67. The van der Waals surface area contributed by atoms with Gasteiger partial charge in [-0.15, -0.1) is 11.3 Å². The van der Waals surface area contributed by atoms with Crippen molar-refractivity contribution in [2.45, 2.75) is 0 Å². The number of anilines is 1. The lowest BCUT2D eigenvalue weighted by molar-refractivity contribution is -0.110. The van der Waals surface area contributed by atoms with Crippen molar-refractivity contribution in [2.24, 2.45) is 0 Å². The first-order chi connectivity index (χ1) is 8.25. The number of halogens is 1. The Morgan fingerprint density at radius 1 is 1.41 bits per heavy atom. The van der Waals surface area contributed by atoms with E-state index < -0.39 is 0 Å². The molecular formula is C12H7ClN2OS. The molecule has 0 bridgehead atoms. The molecule has 0 aromatic carbocycles. The SMILES string of the molecule is O=C1Nc2nccc(Cl)c2/C1=C/c1cccs1. The maximum absolute atomic E-state index is 11.8. The Kier molecular flexibility index (Phi) is 2.46. The molecule has 2 aromatic rings. The van der Waals surface area contributed by atoms with Crippen LogP contribution in [0.4, 0.5) is 5.82 Å². The normalized spacial score (nSPS) is 16.1. The zero-order valence-corrected chi connectivity index (χ0v) is 10.2. The van der Waals surface area contributed by atoms with Gasteiger partial charge in [-0.25, -0.2) is 4.98 Å². The standard InChI is InChI=1S/C12H7ClN2OS/c13-9-3-4-14-11-10(9)8(12(16)15-11)6-7-2-1-5-17-7/h1-6H,(H,14,15,16)/b8-6-. The lowest BCUT2D eigenvalue weighted by atomic mass is 10.1. The van der Waals surface area contributed by atoms with E-state index in [9.17, 15) is 4.79 Å². The third-order valence-electron chi connectivity index (χ3n) is 2.48. The zero-order chi connectivity index (χ0) is 11.8. The van der Waals surface area contributed by atoms with E-state index >= 15 is 0 Å². The number of nitrogens with zero attached hydrogens (tertiary/aromatic N) is 1. The van der Waals surface area contributed by atoms with Crippen molar-refractivity contribution in [2.75, 3.05) is 5.32 Å². The number of hydrogen-bond acceptors (Lipinski definition) is 3. The molecule has 1 N–H and O–H groups in total. The van der Waals surface area contributed by atoms with Crippen LogP contribution in [0, 0.1) is 0 Å². The first-order valence-corrected chi connectivity index (χ1v) is 6.23. The molecule has 0 saturated carbocycles. The van der Waals surface area contributed by atoms with E-state index in [4.69, 9.17) is 11.6 Å². The van der Waals surface area contributed by atoms with Crippen LogP contribution in [0.3, 0.4) is 0 Å². The highest BCUT2D eigenvalue weighted by Crippen LogP contribution is 2.36. The number of hydrogen-bond donors (Lipinski definition) is 1. The van der Waals surface area contributed by atoms with Gasteiger partial charge in [0.2, 0.25) is 0 Å². The Morgan fingerprint density at radius 3 is 3.06 bits per heavy atom. The number of carbonyl (C=O) groups excluding carboxylic acids is 1. The summed E-state index contributed by atoms with van der Waals surface area (Å²) < 4.78 is 0. The first kappa shape index (κ1) is 10.5. The van der Waals surface area contributed by atoms with Crippen molar-refractivity contribution >= 4 is 46.3 Å². The molecule has 3 rings (SSSR count).